The molecule has 0 aliphatic heterocycles. The molecule has 3 nitrogen and oxygen atoms in total. The van der Waals surface area contributed by atoms with E-state index in [2.05, 4.69) is 0 Å². The van der Waals surface area contributed by atoms with Crippen LogP contribution in [0.2, 0.25) is 0 Å². The molecule has 2 aromatic rings. The van der Waals surface area contributed by atoms with E-state index >= 15 is 0 Å². The molecule has 2 rings (SSSR count). The number of fused-ring (bicyclic) bond motifs is 1. The van der Waals surface area contributed by atoms with Gasteiger partial charge in [0.25, 0.3) is 0 Å². The Morgan fingerprint density at radius 2 is 2.11 bits per heavy atom. The monoisotopic (exact) mass is 283 g/mol. The lowest BCUT2D eigenvalue weighted by molar-refractivity contribution is 0.578. The van der Waals surface area contributed by atoms with E-state index in [0.717, 1.165) is 22.3 Å². The Bertz CT molecular complexity index is 579. The van der Waals surface area contributed by atoms with Crippen LogP contribution in [0.3, 0.4) is 0 Å². The number of nitrogens with two attached hydrogens (primary N) is 1. The molecule has 1 aromatic carbocycles. The second kappa shape index (κ2) is 5.47. The number of thioether (sulfide) groups is 1. The predicted octanol–water partition coefficient (Wildman–Crippen LogP) is 2.81. The maximum absolute atomic E-state index is 11.6. The normalized spacial score (nSPS) is 16.7. The summed E-state index contributed by atoms with van der Waals surface area (Å²) in [6.07, 6.45) is 3.63. The van der Waals surface area contributed by atoms with Crippen LogP contribution in [-0.2, 0) is 10.8 Å². The molecule has 0 bridgehead atoms. The number of aryl methyl sites for hydroxylation is 1. The second-order valence-electron chi connectivity index (χ2n) is 4.28. The average molecular weight is 283 g/mol. The van der Waals surface area contributed by atoms with Crippen LogP contribution in [0, 0.1) is 6.92 Å². The molecule has 98 valence electrons. The Hall–Kier alpha value is -0.780. The summed E-state index contributed by atoms with van der Waals surface area (Å²) in [5, 5.41) is 1.04. The zero-order valence-corrected chi connectivity index (χ0v) is 12.3. The van der Waals surface area contributed by atoms with E-state index in [1.807, 2.05) is 37.4 Å². The summed E-state index contributed by atoms with van der Waals surface area (Å²) in [6.45, 7) is 1.92. The topological polar surface area (TPSA) is 56.2 Å². The van der Waals surface area contributed by atoms with Crippen molar-refractivity contribution >= 4 is 33.5 Å². The van der Waals surface area contributed by atoms with Crippen LogP contribution >= 0.6 is 11.8 Å². The molecule has 0 radical (unpaired) electrons. The fraction of sp³-hybridized carbons (Fsp3) is 0.385. The number of benzene rings is 1. The quantitative estimate of drug-likeness (QED) is 0.937. The second-order valence-corrected chi connectivity index (χ2v) is 7.07. The minimum Gasteiger partial charge on any atom is -0.461 e. The minimum absolute atomic E-state index is 0.0875. The molecule has 0 saturated carbocycles. The smallest absolute Gasteiger partial charge is 0.134 e. The van der Waals surface area contributed by atoms with E-state index in [1.54, 1.807) is 18.0 Å². The van der Waals surface area contributed by atoms with E-state index in [1.165, 1.54) is 0 Å². The Balaban J connectivity index is 2.37. The van der Waals surface area contributed by atoms with Crippen molar-refractivity contribution < 1.29 is 8.63 Å². The first kappa shape index (κ1) is 13.6. The van der Waals surface area contributed by atoms with Crippen molar-refractivity contribution in [3.63, 3.8) is 0 Å². The van der Waals surface area contributed by atoms with Gasteiger partial charge in [-0.15, -0.1) is 11.8 Å². The molecule has 3 unspecified atom stereocenters. The summed E-state index contributed by atoms with van der Waals surface area (Å²) in [5.41, 5.74) is 8.06. The molecule has 5 heteroatoms. The van der Waals surface area contributed by atoms with Crippen molar-refractivity contribution in [3.8, 4) is 0 Å². The molecular formula is C13H17NO2S2. The molecule has 0 spiro atoms. The first-order valence-corrected chi connectivity index (χ1v) is 8.54. The Morgan fingerprint density at radius 1 is 1.39 bits per heavy atom. The highest BCUT2D eigenvalue weighted by atomic mass is 32.2. The highest BCUT2D eigenvalue weighted by molar-refractivity contribution is 8.10. The highest BCUT2D eigenvalue weighted by Gasteiger charge is 2.22. The number of hydrogen-bond acceptors (Lipinski definition) is 4. The summed E-state index contributed by atoms with van der Waals surface area (Å²) in [4.78, 5) is 0. The third kappa shape index (κ3) is 2.63. The van der Waals surface area contributed by atoms with Crippen LogP contribution < -0.4 is 5.73 Å². The predicted molar refractivity (Wildman–Crippen MR) is 79.2 cm³/mol. The van der Waals surface area contributed by atoms with Crippen LogP contribution in [0.1, 0.15) is 17.4 Å². The van der Waals surface area contributed by atoms with Crippen LogP contribution in [0.5, 0.6) is 0 Å². The van der Waals surface area contributed by atoms with Gasteiger partial charge in [-0.3, -0.25) is 4.21 Å². The van der Waals surface area contributed by atoms with Gasteiger partial charge in [-0.05, 0) is 36.9 Å². The first-order valence-electron chi connectivity index (χ1n) is 5.63. The molecule has 0 aliphatic carbocycles. The zero-order chi connectivity index (χ0) is 13.3. The fourth-order valence-corrected chi connectivity index (χ4v) is 4.15. The van der Waals surface area contributed by atoms with E-state index < -0.39 is 10.8 Å². The van der Waals surface area contributed by atoms with E-state index in [0.29, 0.717) is 0 Å². The molecular weight excluding hydrogens is 266 g/mol. The summed E-state index contributed by atoms with van der Waals surface area (Å²) in [7, 11) is -0.948. The van der Waals surface area contributed by atoms with E-state index in [9.17, 15) is 4.21 Å². The van der Waals surface area contributed by atoms with Crippen LogP contribution in [-0.4, -0.2) is 21.3 Å². The van der Waals surface area contributed by atoms with Gasteiger partial charge in [0, 0.05) is 22.4 Å². The van der Waals surface area contributed by atoms with Gasteiger partial charge in [-0.2, -0.15) is 0 Å². The molecule has 3 atom stereocenters. The molecule has 0 aliphatic rings. The third-order valence-electron chi connectivity index (χ3n) is 2.90. The van der Waals surface area contributed by atoms with Gasteiger partial charge in [0.2, 0.25) is 0 Å². The Morgan fingerprint density at radius 3 is 2.72 bits per heavy atom. The van der Waals surface area contributed by atoms with Gasteiger partial charge in [-0.1, -0.05) is 6.07 Å². The Kier molecular flexibility index (Phi) is 4.14. The van der Waals surface area contributed by atoms with Crippen molar-refractivity contribution in [1.82, 2.24) is 0 Å². The molecule has 18 heavy (non-hydrogen) atoms. The number of furan rings is 1. The highest BCUT2D eigenvalue weighted by Crippen LogP contribution is 2.28. The van der Waals surface area contributed by atoms with Gasteiger partial charge in [0.05, 0.1) is 10.6 Å². The lowest BCUT2D eigenvalue weighted by Gasteiger charge is -2.20. The molecule has 0 saturated heterocycles. The first-order chi connectivity index (χ1) is 8.52. The zero-order valence-electron chi connectivity index (χ0n) is 10.7. The standard InChI is InChI=1S/C13H17NO2S2/c1-8-6-10-7-9(4-5-11(10)16-8)12(14)13(17-2)18(3)15/h4-7,12-13H,14H2,1-3H3. The summed E-state index contributed by atoms with van der Waals surface area (Å²) < 4.78 is 17.1. The molecule has 0 fully saturated rings. The summed E-state index contributed by atoms with van der Waals surface area (Å²) in [5.74, 6) is 0.885. The van der Waals surface area contributed by atoms with Crippen molar-refractivity contribution in [1.29, 1.82) is 0 Å². The van der Waals surface area contributed by atoms with Crippen LogP contribution in [0.4, 0.5) is 0 Å². The molecule has 1 heterocycles. The van der Waals surface area contributed by atoms with Gasteiger partial charge in [0.1, 0.15) is 11.3 Å². The largest absolute Gasteiger partial charge is 0.461 e. The average Bonchev–Trinajstić information content (AvgIpc) is 2.68. The minimum atomic E-state index is -0.948. The van der Waals surface area contributed by atoms with Gasteiger partial charge in [-0.25, -0.2) is 0 Å². The van der Waals surface area contributed by atoms with Crippen LogP contribution in [0.15, 0.2) is 28.7 Å². The van der Waals surface area contributed by atoms with Gasteiger partial charge < -0.3 is 10.2 Å². The third-order valence-corrected chi connectivity index (χ3v) is 6.00. The lowest BCUT2D eigenvalue weighted by atomic mass is 10.1. The van der Waals surface area contributed by atoms with Crippen molar-refractivity contribution in [2.45, 2.75) is 17.5 Å². The van der Waals surface area contributed by atoms with E-state index in [-0.39, 0.29) is 10.6 Å². The van der Waals surface area contributed by atoms with Crippen LogP contribution in [0.25, 0.3) is 11.0 Å². The van der Waals surface area contributed by atoms with Crippen molar-refractivity contribution in [2.24, 2.45) is 5.73 Å². The lowest BCUT2D eigenvalue weighted by Crippen LogP contribution is -2.26. The SMILES string of the molecule is CSC(C(N)c1ccc2oc(C)cc2c1)S(C)=O. The van der Waals surface area contributed by atoms with Gasteiger partial charge >= 0.3 is 0 Å². The van der Waals surface area contributed by atoms with E-state index in [4.69, 9.17) is 10.2 Å². The maximum atomic E-state index is 11.6. The van der Waals surface area contributed by atoms with Gasteiger partial charge in [0.15, 0.2) is 0 Å². The van der Waals surface area contributed by atoms with Crippen molar-refractivity contribution in [2.75, 3.05) is 12.5 Å². The molecule has 0 amide bonds. The fourth-order valence-electron chi connectivity index (χ4n) is 2.05. The molecule has 1 aromatic heterocycles. The number of rotatable bonds is 4. The maximum Gasteiger partial charge on any atom is 0.134 e. The van der Waals surface area contributed by atoms with Crippen molar-refractivity contribution in [3.05, 3.63) is 35.6 Å². The summed E-state index contributed by atoms with van der Waals surface area (Å²) >= 11 is 1.54. The number of hydrogen-bond donors (Lipinski definition) is 1. The Labute approximate surface area is 114 Å². The molecule has 2 N–H and O–H groups in total. The summed E-state index contributed by atoms with van der Waals surface area (Å²) in [6, 6.07) is 7.65.